The van der Waals surface area contributed by atoms with Crippen molar-refractivity contribution in [1.29, 1.82) is 5.26 Å². The van der Waals surface area contributed by atoms with Crippen molar-refractivity contribution in [2.45, 2.75) is 38.1 Å². The fourth-order valence-electron chi connectivity index (χ4n) is 4.50. The molecule has 1 aliphatic heterocycles. The van der Waals surface area contributed by atoms with Gasteiger partial charge >= 0.3 is 0 Å². The molecule has 0 bridgehead atoms. The van der Waals surface area contributed by atoms with Gasteiger partial charge in [0.2, 0.25) is 0 Å². The summed E-state index contributed by atoms with van der Waals surface area (Å²) in [6, 6.07) is 13.8. The molecule has 1 N–H and O–H groups in total. The molecule has 1 atom stereocenters. The zero-order valence-corrected chi connectivity index (χ0v) is 16.1. The number of likely N-dealkylation sites (tertiary alicyclic amines) is 1. The normalized spacial score (nSPS) is 20.2. The molecule has 4 rings (SSSR count). The summed E-state index contributed by atoms with van der Waals surface area (Å²) in [6.45, 7) is 2.99. The molecule has 5 nitrogen and oxygen atoms in total. The molecule has 0 radical (unpaired) electrons. The average Bonchev–Trinajstić information content (AvgIpc) is 3.44. The van der Waals surface area contributed by atoms with Crippen LogP contribution >= 0.6 is 0 Å². The van der Waals surface area contributed by atoms with E-state index >= 15 is 0 Å². The number of rotatable bonds is 5. The average molecular weight is 374 g/mol. The van der Waals surface area contributed by atoms with Crippen LogP contribution in [0.3, 0.4) is 0 Å². The lowest BCUT2D eigenvalue weighted by atomic mass is 10.0. The van der Waals surface area contributed by atoms with Gasteiger partial charge in [0.1, 0.15) is 6.07 Å². The summed E-state index contributed by atoms with van der Waals surface area (Å²) in [5.74, 6) is 0.476. The highest BCUT2D eigenvalue weighted by atomic mass is 16.1. The highest BCUT2D eigenvalue weighted by Gasteiger charge is 2.29. The predicted molar refractivity (Wildman–Crippen MR) is 109 cm³/mol. The second-order valence-corrected chi connectivity index (χ2v) is 7.89. The maximum absolute atomic E-state index is 12.7. The summed E-state index contributed by atoms with van der Waals surface area (Å²) in [6.07, 6.45) is 8.23. The first-order chi connectivity index (χ1) is 13.7. The van der Waals surface area contributed by atoms with Crippen LogP contribution in [0, 0.1) is 17.2 Å². The molecule has 2 fully saturated rings. The molecule has 1 saturated carbocycles. The van der Waals surface area contributed by atoms with Crippen LogP contribution in [0.1, 0.15) is 48.0 Å². The van der Waals surface area contributed by atoms with Gasteiger partial charge in [-0.2, -0.15) is 5.26 Å². The third-order valence-corrected chi connectivity index (χ3v) is 6.04. The Labute approximate surface area is 166 Å². The molecule has 2 aromatic rings. The Morgan fingerprint density at radius 2 is 2.07 bits per heavy atom. The lowest BCUT2D eigenvalue weighted by Gasteiger charge is -2.23. The second-order valence-electron chi connectivity index (χ2n) is 7.89. The number of amides is 1. The van der Waals surface area contributed by atoms with Gasteiger partial charge in [-0.05, 0) is 56.0 Å². The van der Waals surface area contributed by atoms with E-state index in [-0.39, 0.29) is 5.91 Å². The Kier molecular flexibility index (Phi) is 5.68. The minimum atomic E-state index is -0.0596. The number of aromatic nitrogens is 1. The van der Waals surface area contributed by atoms with Gasteiger partial charge in [-0.3, -0.25) is 9.78 Å². The highest BCUT2D eigenvalue weighted by Crippen LogP contribution is 2.28. The summed E-state index contributed by atoms with van der Waals surface area (Å²) in [5, 5.41) is 12.4. The molecule has 0 spiro atoms. The lowest BCUT2D eigenvalue weighted by molar-refractivity contribution is 0.0947. The van der Waals surface area contributed by atoms with Gasteiger partial charge in [0.15, 0.2) is 0 Å². The fraction of sp³-hybridized carbons (Fsp3) is 0.435. The molecule has 1 amide bonds. The molecule has 5 heteroatoms. The summed E-state index contributed by atoms with van der Waals surface area (Å²) < 4.78 is 0. The SMILES string of the molecule is N#Cc1cccnc1-c1cccc(C(=O)NCC2CCN(C3CCCC3)C2)c1. The number of hydrogen-bond donors (Lipinski definition) is 1. The van der Waals surface area contributed by atoms with E-state index in [0.717, 1.165) is 37.7 Å². The van der Waals surface area contributed by atoms with Gasteiger partial charge in [0.05, 0.1) is 11.3 Å². The van der Waals surface area contributed by atoms with Gasteiger partial charge in [0.25, 0.3) is 5.91 Å². The van der Waals surface area contributed by atoms with E-state index in [4.69, 9.17) is 0 Å². The van der Waals surface area contributed by atoms with Crippen LogP contribution in [-0.2, 0) is 0 Å². The summed E-state index contributed by atoms with van der Waals surface area (Å²) in [7, 11) is 0. The van der Waals surface area contributed by atoms with Crippen LogP contribution < -0.4 is 5.32 Å². The van der Waals surface area contributed by atoms with Crippen LogP contribution in [0.4, 0.5) is 0 Å². The first kappa shape index (κ1) is 18.6. The number of carbonyl (C=O) groups is 1. The molecular weight excluding hydrogens is 348 g/mol. The Hall–Kier alpha value is -2.71. The second kappa shape index (κ2) is 8.53. The van der Waals surface area contributed by atoms with Crippen LogP contribution in [0.15, 0.2) is 42.6 Å². The molecule has 1 aromatic heterocycles. The third-order valence-electron chi connectivity index (χ3n) is 6.04. The Morgan fingerprint density at radius 1 is 1.21 bits per heavy atom. The number of benzene rings is 1. The van der Waals surface area contributed by atoms with Crippen molar-refractivity contribution < 1.29 is 4.79 Å². The van der Waals surface area contributed by atoms with Crippen molar-refractivity contribution in [3.8, 4) is 17.3 Å². The predicted octanol–water partition coefficient (Wildman–Crippen LogP) is 3.61. The largest absolute Gasteiger partial charge is 0.352 e. The van der Waals surface area contributed by atoms with Gasteiger partial charge in [-0.15, -0.1) is 0 Å². The molecule has 1 aromatic carbocycles. The number of carbonyl (C=O) groups excluding carboxylic acids is 1. The molecule has 1 unspecified atom stereocenters. The number of nitriles is 1. The molecule has 1 saturated heterocycles. The molecule has 2 heterocycles. The van der Waals surface area contributed by atoms with Crippen LogP contribution in [0.5, 0.6) is 0 Å². The monoisotopic (exact) mass is 374 g/mol. The van der Waals surface area contributed by atoms with E-state index in [1.807, 2.05) is 24.3 Å². The number of nitrogens with one attached hydrogen (secondary N) is 1. The van der Waals surface area contributed by atoms with E-state index < -0.39 is 0 Å². The van der Waals surface area contributed by atoms with E-state index in [1.54, 1.807) is 18.3 Å². The van der Waals surface area contributed by atoms with Crippen molar-refractivity contribution in [2.75, 3.05) is 19.6 Å². The van der Waals surface area contributed by atoms with E-state index in [0.29, 0.717) is 22.7 Å². The maximum Gasteiger partial charge on any atom is 0.251 e. The summed E-state index contributed by atoms with van der Waals surface area (Å²) in [4.78, 5) is 19.6. The molecule has 144 valence electrons. The van der Waals surface area contributed by atoms with Gasteiger partial charge in [-0.1, -0.05) is 25.0 Å². The van der Waals surface area contributed by atoms with Crippen molar-refractivity contribution in [3.63, 3.8) is 0 Å². The van der Waals surface area contributed by atoms with Crippen molar-refractivity contribution in [1.82, 2.24) is 15.2 Å². The first-order valence-corrected chi connectivity index (χ1v) is 10.2. The Bertz CT molecular complexity index is 882. The minimum absolute atomic E-state index is 0.0596. The molecular formula is C23H26N4O. The standard InChI is InChI=1S/C23H26N4O/c24-14-20-7-4-11-25-22(20)18-5-3-6-19(13-18)23(28)26-15-17-10-12-27(16-17)21-8-1-2-9-21/h3-7,11,13,17,21H,1-2,8-10,12,15-16H2,(H,26,28). The zero-order chi connectivity index (χ0) is 19.3. The van der Waals surface area contributed by atoms with Crippen molar-refractivity contribution in [2.24, 2.45) is 5.92 Å². The smallest absolute Gasteiger partial charge is 0.251 e. The van der Waals surface area contributed by atoms with E-state index in [9.17, 15) is 10.1 Å². The summed E-state index contributed by atoms with van der Waals surface area (Å²) in [5.41, 5.74) is 2.52. The van der Waals surface area contributed by atoms with Crippen LogP contribution in [0.25, 0.3) is 11.3 Å². The number of hydrogen-bond acceptors (Lipinski definition) is 4. The van der Waals surface area contributed by atoms with Crippen LogP contribution in [0.2, 0.25) is 0 Å². The van der Waals surface area contributed by atoms with E-state index in [1.165, 1.54) is 25.7 Å². The molecule has 2 aliphatic rings. The zero-order valence-electron chi connectivity index (χ0n) is 16.1. The Morgan fingerprint density at radius 3 is 2.89 bits per heavy atom. The summed E-state index contributed by atoms with van der Waals surface area (Å²) >= 11 is 0. The first-order valence-electron chi connectivity index (χ1n) is 10.2. The van der Waals surface area contributed by atoms with Gasteiger partial charge in [-0.25, -0.2) is 0 Å². The lowest BCUT2D eigenvalue weighted by Crippen LogP contribution is -2.34. The third kappa shape index (κ3) is 4.07. The maximum atomic E-state index is 12.7. The Balaban J connectivity index is 1.37. The van der Waals surface area contributed by atoms with Gasteiger partial charge in [0, 0.05) is 36.5 Å². The topological polar surface area (TPSA) is 69.0 Å². The minimum Gasteiger partial charge on any atom is -0.352 e. The fourth-order valence-corrected chi connectivity index (χ4v) is 4.50. The molecule has 28 heavy (non-hydrogen) atoms. The van der Waals surface area contributed by atoms with Crippen molar-refractivity contribution in [3.05, 3.63) is 53.7 Å². The van der Waals surface area contributed by atoms with Gasteiger partial charge < -0.3 is 10.2 Å². The van der Waals surface area contributed by atoms with Crippen molar-refractivity contribution >= 4 is 5.91 Å². The highest BCUT2D eigenvalue weighted by molar-refractivity contribution is 5.95. The van der Waals surface area contributed by atoms with E-state index in [2.05, 4.69) is 21.3 Å². The van der Waals surface area contributed by atoms with Crippen LogP contribution in [-0.4, -0.2) is 41.5 Å². The molecule has 1 aliphatic carbocycles. The quantitative estimate of drug-likeness (QED) is 0.868. The number of pyridine rings is 1. The number of nitrogens with zero attached hydrogens (tertiary/aromatic N) is 3.